The lowest BCUT2D eigenvalue weighted by molar-refractivity contribution is 0.0941. The first-order valence-electron chi connectivity index (χ1n) is 11.3. The molecule has 3 heterocycles. The zero-order valence-electron chi connectivity index (χ0n) is 18.9. The molecule has 34 heavy (non-hydrogen) atoms. The molecule has 2 atom stereocenters. The highest BCUT2D eigenvalue weighted by molar-refractivity contribution is 7.91. The fourth-order valence-corrected chi connectivity index (χ4v) is 8.06. The van der Waals surface area contributed by atoms with Gasteiger partial charge in [0.05, 0.1) is 17.1 Å². The van der Waals surface area contributed by atoms with Gasteiger partial charge in [0.15, 0.2) is 15.6 Å². The van der Waals surface area contributed by atoms with Crippen LogP contribution in [0.4, 0.5) is 5.00 Å². The van der Waals surface area contributed by atoms with Crippen molar-refractivity contribution in [3.05, 3.63) is 50.5 Å². The maximum atomic E-state index is 13.3. The third-order valence-electron chi connectivity index (χ3n) is 6.64. The van der Waals surface area contributed by atoms with Gasteiger partial charge in [-0.25, -0.2) is 8.42 Å². The Labute approximate surface area is 206 Å². The van der Waals surface area contributed by atoms with Gasteiger partial charge in [0.2, 0.25) is 0 Å². The van der Waals surface area contributed by atoms with Gasteiger partial charge in [-0.2, -0.15) is 0 Å². The molecular weight excluding hydrogens is 496 g/mol. The second kappa shape index (κ2) is 8.70. The molecule has 1 saturated heterocycles. The number of fused-ring (bicyclic) bond motifs is 2. The van der Waals surface area contributed by atoms with E-state index < -0.39 is 21.8 Å². The number of thiophene rings is 1. The number of benzene rings is 1. The third-order valence-corrected chi connectivity index (χ3v) is 9.81. The first kappa shape index (κ1) is 23.4. The number of furan rings is 1. The standard InChI is InChI=1S/C24H25ClN2O5S2/c1-12-3-5-16-19(9-12)33-24(20(16)22(28)26-15-7-8-34(30,31)11-15)27-23(29)21-13(2)17-10-14(25)4-6-18(17)32-21/h4,6,10,12,15H,3,5,7-9,11H2,1-2H3,(H,26,28)(H,27,29). The van der Waals surface area contributed by atoms with E-state index in [0.717, 1.165) is 35.1 Å². The van der Waals surface area contributed by atoms with Crippen molar-refractivity contribution in [3.8, 4) is 0 Å². The molecule has 2 N–H and O–H groups in total. The van der Waals surface area contributed by atoms with Crippen LogP contribution in [0.1, 0.15) is 56.7 Å². The summed E-state index contributed by atoms with van der Waals surface area (Å²) in [6.45, 7) is 3.97. The van der Waals surface area contributed by atoms with Gasteiger partial charge in [0.1, 0.15) is 10.6 Å². The number of hydrogen-bond acceptors (Lipinski definition) is 6. The first-order chi connectivity index (χ1) is 16.1. The maximum Gasteiger partial charge on any atom is 0.292 e. The van der Waals surface area contributed by atoms with Crippen LogP contribution in [-0.2, 0) is 22.7 Å². The third kappa shape index (κ3) is 4.36. The van der Waals surface area contributed by atoms with Crippen LogP contribution in [0.2, 0.25) is 5.02 Å². The van der Waals surface area contributed by atoms with Crippen molar-refractivity contribution in [1.82, 2.24) is 5.32 Å². The summed E-state index contributed by atoms with van der Waals surface area (Å²) in [5.41, 5.74) is 2.63. The topological polar surface area (TPSA) is 105 Å². The number of carbonyl (C=O) groups excluding carboxylic acids is 2. The molecule has 0 bridgehead atoms. The van der Waals surface area contributed by atoms with Crippen molar-refractivity contribution in [2.75, 3.05) is 16.8 Å². The Morgan fingerprint density at radius 2 is 2.00 bits per heavy atom. The second-order valence-electron chi connectivity index (χ2n) is 9.28. The van der Waals surface area contributed by atoms with Crippen LogP contribution in [0.25, 0.3) is 11.0 Å². The summed E-state index contributed by atoms with van der Waals surface area (Å²) in [6.07, 6.45) is 2.95. The molecular formula is C24H25ClN2O5S2. The predicted octanol–water partition coefficient (Wildman–Crippen LogP) is 4.75. The lowest BCUT2D eigenvalue weighted by Gasteiger charge is -2.19. The summed E-state index contributed by atoms with van der Waals surface area (Å²) >= 11 is 7.52. The Kier molecular flexibility index (Phi) is 5.98. The number of rotatable bonds is 4. The average Bonchev–Trinajstić information content (AvgIpc) is 3.40. The Bertz CT molecular complexity index is 1420. The van der Waals surface area contributed by atoms with Gasteiger partial charge in [-0.15, -0.1) is 11.3 Å². The van der Waals surface area contributed by atoms with E-state index in [1.165, 1.54) is 11.3 Å². The molecule has 180 valence electrons. The smallest absolute Gasteiger partial charge is 0.292 e. The zero-order valence-corrected chi connectivity index (χ0v) is 21.3. The maximum absolute atomic E-state index is 13.3. The number of carbonyl (C=O) groups is 2. The highest BCUT2D eigenvalue weighted by Gasteiger charge is 2.33. The summed E-state index contributed by atoms with van der Waals surface area (Å²) in [7, 11) is -3.12. The summed E-state index contributed by atoms with van der Waals surface area (Å²) in [6, 6.07) is 4.77. The molecule has 2 unspecified atom stereocenters. The summed E-state index contributed by atoms with van der Waals surface area (Å²) in [5, 5.41) is 7.59. The van der Waals surface area contributed by atoms with E-state index in [1.807, 2.05) is 0 Å². The molecule has 0 radical (unpaired) electrons. The van der Waals surface area contributed by atoms with E-state index >= 15 is 0 Å². The van der Waals surface area contributed by atoms with Gasteiger partial charge in [-0.3, -0.25) is 9.59 Å². The fourth-order valence-electron chi connectivity index (χ4n) is 4.82. The fraction of sp³-hybridized carbons (Fsp3) is 0.417. The van der Waals surface area contributed by atoms with Crippen LogP contribution in [0, 0.1) is 12.8 Å². The van der Waals surface area contributed by atoms with Crippen LogP contribution in [0.15, 0.2) is 22.6 Å². The van der Waals surface area contributed by atoms with Crippen LogP contribution in [0.3, 0.4) is 0 Å². The number of anilines is 1. The molecule has 1 aliphatic heterocycles. The normalized spacial score (nSPS) is 21.4. The van der Waals surface area contributed by atoms with Crippen LogP contribution < -0.4 is 10.6 Å². The lowest BCUT2D eigenvalue weighted by Crippen LogP contribution is -2.36. The van der Waals surface area contributed by atoms with Crippen molar-refractivity contribution in [2.24, 2.45) is 5.92 Å². The lowest BCUT2D eigenvalue weighted by atomic mass is 9.88. The van der Waals surface area contributed by atoms with Gasteiger partial charge in [0.25, 0.3) is 11.8 Å². The number of aryl methyl sites for hydroxylation is 1. The molecule has 2 amide bonds. The molecule has 10 heteroatoms. The minimum atomic E-state index is -3.12. The Morgan fingerprint density at radius 1 is 1.21 bits per heavy atom. The number of halogens is 1. The van der Waals surface area contributed by atoms with Gasteiger partial charge >= 0.3 is 0 Å². The molecule has 5 rings (SSSR count). The van der Waals surface area contributed by atoms with Gasteiger partial charge in [-0.05, 0) is 62.3 Å². The number of hydrogen-bond donors (Lipinski definition) is 2. The summed E-state index contributed by atoms with van der Waals surface area (Å²) < 4.78 is 29.5. The highest BCUT2D eigenvalue weighted by atomic mass is 35.5. The predicted molar refractivity (Wildman–Crippen MR) is 134 cm³/mol. The molecule has 3 aromatic rings. The monoisotopic (exact) mass is 520 g/mol. The van der Waals surface area contributed by atoms with E-state index in [9.17, 15) is 18.0 Å². The first-order valence-corrected chi connectivity index (χ1v) is 14.3. The molecule has 2 aromatic heterocycles. The molecule has 2 aliphatic rings. The minimum absolute atomic E-state index is 0.0511. The van der Waals surface area contributed by atoms with Crippen LogP contribution >= 0.6 is 22.9 Å². The SMILES string of the molecule is Cc1c(C(=O)Nc2sc3c(c2C(=O)NC2CCS(=O)(=O)C2)CCC(C)C3)oc2ccc(Cl)cc12. The van der Waals surface area contributed by atoms with Gasteiger partial charge in [-0.1, -0.05) is 18.5 Å². The van der Waals surface area contributed by atoms with Crippen molar-refractivity contribution in [1.29, 1.82) is 0 Å². The van der Waals surface area contributed by atoms with E-state index in [4.69, 9.17) is 16.0 Å². The largest absolute Gasteiger partial charge is 0.451 e. The number of nitrogens with one attached hydrogen (secondary N) is 2. The number of amides is 2. The van der Waals surface area contributed by atoms with E-state index in [-0.39, 0.29) is 23.2 Å². The zero-order chi connectivity index (χ0) is 24.2. The Morgan fingerprint density at radius 3 is 2.74 bits per heavy atom. The van der Waals surface area contributed by atoms with Crippen LogP contribution in [0.5, 0.6) is 0 Å². The van der Waals surface area contributed by atoms with Crippen molar-refractivity contribution >= 4 is 60.6 Å². The number of sulfone groups is 1. The van der Waals surface area contributed by atoms with Crippen LogP contribution in [-0.4, -0.2) is 37.8 Å². The van der Waals surface area contributed by atoms with E-state index in [1.54, 1.807) is 25.1 Å². The van der Waals surface area contributed by atoms with E-state index in [2.05, 4.69) is 17.6 Å². The van der Waals surface area contributed by atoms with Crippen molar-refractivity contribution in [3.63, 3.8) is 0 Å². The molecule has 1 aromatic carbocycles. The van der Waals surface area contributed by atoms with E-state index in [0.29, 0.717) is 39.1 Å². The van der Waals surface area contributed by atoms with Crippen molar-refractivity contribution in [2.45, 2.75) is 45.6 Å². The quantitative estimate of drug-likeness (QED) is 0.516. The molecule has 1 aliphatic carbocycles. The molecule has 0 saturated carbocycles. The summed E-state index contributed by atoms with van der Waals surface area (Å²) in [4.78, 5) is 27.6. The minimum Gasteiger partial charge on any atom is -0.451 e. The Balaban J connectivity index is 1.47. The Hall–Kier alpha value is -2.36. The average molecular weight is 521 g/mol. The van der Waals surface area contributed by atoms with Crippen molar-refractivity contribution < 1.29 is 22.4 Å². The summed E-state index contributed by atoms with van der Waals surface area (Å²) in [5.74, 6) is -0.0783. The molecule has 0 spiro atoms. The van der Waals surface area contributed by atoms with Gasteiger partial charge in [0, 0.05) is 26.9 Å². The highest BCUT2D eigenvalue weighted by Crippen LogP contribution is 2.40. The second-order valence-corrected chi connectivity index (χ2v) is 13.1. The molecule has 7 nitrogen and oxygen atoms in total. The molecule has 1 fully saturated rings. The van der Waals surface area contributed by atoms with Gasteiger partial charge < -0.3 is 15.1 Å².